The van der Waals surface area contributed by atoms with Crippen LogP contribution in [0.15, 0.2) is 39.5 Å². The minimum Gasteiger partial charge on any atom is -0.441 e. The molecule has 0 amide bonds. The van der Waals surface area contributed by atoms with Crippen LogP contribution < -0.4 is 0 Å². The molecule has 5 nitrogen and oxygen atoms in total. The number of benzene rings is 1. The fraction of sp³-hybridized carbons (Fsp3) is 0.294. The van der Waals surface area contributed by atoms with Gasteiger partial charge in [-0.3, -0.25) is 4.90 Å². The summed E-state index contributed by atoms with van der Waals surface area (Å²) in [6.45, 7) is 4.21. The molecule has 3 aromatic rings. The number of aryl methyl sites for hydroxylation is 1. The van der Waals surface area contributed by atoms with Gasteiger partial charge in [-0.2, -0.15) is 0 Å². The molecule has 0 aliphatic carbocycles. The van der Waals surface area contributed by atoms with Gasteiger partial charge in [0.25, 0.3) is 0 Å². The van der Waals surface area contributed by atoms with Crippen LogP contribution in [0.5, 0.6) is 0 Å². The van der Waals surface area contributed by atoms with Crippen molar-refractivity contribution in [1.82, 2.24) is 15.0 Å². The molecule has 24 heavy (non-hydrogen) atoms. The number of nitrogens with zero attached hydrogens (tertiary/aromatic N) is 3. The van der Waals surface area contributed by atoms with Gasteiger partial charge in [0.05, 0.1) is 17.3 Å². The average Bonchev–Trinajstić information content (AvgIpc) is 3.20. The monoisotopic (exact) mass is 333 g/mol. The molecule has 0 fully saturated rings. The molecule has 0 aliphatic heterocycles. The molecule has 0 saturated heterocycles. The van der Waals surface area contributed by atoms with Crippen molar-refractivity contribution in [1.29, 1.82) is 0 Å². The minimum atomic E-state index is -0.963. The number of rotatable bonds is 5. The summed E-state index contributed by atoms with van der Waals surface area (Å²) in [4.78, 5) is 6.34. The Morgan fingerprint density at radius 1 is 1.25 bits per heavy atom. The van der Waals surface area contributed by atoms with E-state index in [9.17, 15) is 8.78 Å². The Labute approximate surface area is 137 Å². The Kier molecular flexibility index (Phi) is 4.44. The predicted octanol–water partition coefficient (Wildman–Crippen LogP) is 4.11. The molecule has 126 valence electrons. The third-order valence-electron chi connectivity index (χ3n) is 4.02. The van der Waals surface area contributed by atoms with E-state index >= 15 is 0 Å². The highest BCUT2D eigenvalue weighted by Crippen LogP contribution is 2.27. The quantitative estimate of drug-likeness (QED) is 0.703. The first-order chi connectivity index (χ1) is 11.5. The Morgan fingerprint density at radius 2 is 2.04 bits per heavy atom. The van der Waals surface area contributed by atoms with Gasteiger partial charge < -0.3 is 8.94 Å². The van der Waals surface area contributed by atoms with E-state index in [1.165, 1.54) is 18.4 Å². The van der Waals surface area contributed by atoms with Crippen LogP contribution in [0.1, 0.15) is 30.1 Å². The van der Waals surface area contributed by atoms with Crippen molar-refractivity contribution in [2.24, 2.45) is 0 Å². The van der Waals surface area contributed by atoms with Crippen molar-refractivity contribution < 1.29 is 17.7 Å². The highest BCUT2D eigenvalue weighted by Gasteiger charge is 2.20. The van der Waals surface area contributed by atoms with E-state index in [1.807, 2.05) is 18.9 Å². The lowest BCUT2D eigenvalue weighted by atomic mass is 10.2. The summed E-state index contributed by atoms with van der Waals surface area (Å²) in [5.74, 6) is -1.26. The SMILES string of the molecule is Cc1oc(-c2cccc(F)c2F)nc1CN(C)[C@H](C)c1ccon1. The zero-order valence-corrected chi connectivity index (χ0v) is 13.6. The lowest BCUT2D eigenvalue weighted by Crippen LogP contribution is -2.22. The summed E-state index contributed by atoms with van der Waals surface area (Å²) in [5.41, 5.74) is 1.47. The van der Waals surface area contributed by atoms with Crippen LogP contribution in [0.4, 0.5) is 8.78 Å². The first kappa shape index (κ1) is 16.3. The molecule has 2 heterocycles. The maximum absolute atomic E-state index is 13.9. The number of hydrogen-bond donors (Lipinski definition) is 0. The van der Waals surface area contributed by atoms with E-state index in [2.05, 4.69) is 10.1 Å². The van der Waals surface area contributed by atoms with Crippen molar-refractivity contribution in [2.75, 3.05) is 7.05 Å². The Hall–Kier alpha value is -2.54. The molecule has 7 heteroatoms. The Morgan fingerprint density at radius 3 is 2.75 bits per heavy atom. The van der Waals surface area contributed by atoms with Gasteiger partial charge in [-0.15, -0.1) is 0 Å². The number of oxazole rings is 1. The fourth-order valence-corrected chi connectivity index (χ4v) is 2.40. The molecule has 2 aromatic heterocycles. The summed E-state index contributed by atoms with van der Waals surface area (Å²) in [6.07, 6.45) is 1.52. The summed E-state index contributed by atoms with van der Waals surface area (Å²) in [7, 11) is 1.91. The van der Waals surface area contributed by atoms with Crippen LogP contribution in [0, 0.1) is 18.6 Å². The summed E-state index contributed by atoms with van der Waals surface area (Å²) < 4.78 is 37.7. The third-order valence-corrected chi connectivity index (χ3v) is 4.02. The number of hydrogen-bond acceptors (Lipinski definition) is 5. The lowest BCUT2D eigenvalue weighted by molar-refractivity contribution is 0.237. The van der Waals surface area contributed by atoms with E-state index < -0.39 is 11.6 Å². The minimum absolute atomic E-state index is 0.00852. The second-order valence-electron chi connectivity index (χ2n) is 5.64. The second kappa shape index (κ2) is 6.52. The topological polar surface area (TPSA) is 55.3 Å². The van der Waals surface area contributed by atoms with Crippen LogP contribution in [-0.2, 0) is 6.54 Å². The standard InChI is InChI=1S/C17H17F2N3O2/c1-10(14-7-8-23-21-14)22(3)9-15-11(2)24-17(20-15)12-5-4-6-13(18)16(12)19/h4-8,10H,9H2,1-3H3/t10-/m1/s1. The molecule has 3 rings (SSSR count). The fourth-order valence-electron chi connectivity index (χ4n) is 2.40. The van der Waals surface area contributed by atoms with Gasteiger partial charge in [-0.25, -0.2) is 13.8 Å². The molecule has 1 aromatic carbocycles. The first-order valence-electron chi connectivity index (χ1n) is 7.48. The Balaban J connectivity index is 1.83. The van der Waals surface area contributed by atoms with Crippen molar-refractivity contribution in [3.05, 3.63) is 59.3 Å². The molecular formula is C17H17F2N3O2. The van der Waals surface area contributed by atoms with Crippen molar-refractivity contribution in [2.45, 2.75) is 26.4 Å². The van der Waals surface area contributed by atoms with Gasteiger partial charge in [0, 0.05) is 12.6 Å². The largest absolute Gasteiger partial charge is 0.441 e. The van der Waals surface area contributed by atoms with Gasteiger partial charge in [-0.1, -0.05) is 11.2 Å². The van der Waals surface area contributed by atoms with Gasteiger partial charge in [-0.05, 0) is 33.0 Å². The van der Waals surface area contributed by atoms with Gasteiger partial charge in [0.2, 0.25) is 5.89 Å². The summed E-state index contributed by atoms with van der Waals surface area (Å²) >= 11 is 0. The van der Waals surface area contributed by atoms with E-state index in [0.29, 0.717) is 18.0 Å². The van der Waals surface area contributed by atoms with Crippen molar-refractivity contribution >= 4 is 0 Å². The predicted molar refractivity (Wildman–Crippen MR) is 83.0 cm³/mol. The zero-order chi connectivity index (χ0) is 17.3. The van der Waals surface area contributed by atoms with Crippen molar-refractivity contribution in [3.8, 4) is 11.5 Å². The van der Waals surface area contributed by atoms with Crippen molar-refractivity contribution in [3.63, 3.8) is 0 Å². The Bertz CT molecular complexity index is 830. The smallest absolute Gasteiger partial charge is 0.229 e. The lowest BCUT2D eigenvalue weighted by Gasteiger charge is -2.21. The highest BCUT2D eigenvalue weighted by molar-refractivity contribution is 5.54. The molecule has 0 aliphatic rings. The average molecular weight is 333 g/mol. The van der Waals surface area contributed by atoms with Crippen LogP contribution in [0.2, 0.25) is 0 Å². The van der Waals surface area contributed by atoms with Crippen LogP contribution in [0.25, 0.3) is 11.5 Å². The van der Waals surface area contributed by atoms with E-state index in [-0.39, 0.29) is 17.5 Å². The number of halogens is 2. The molecule has 0 saturated carbocycles. The van der Waals surface area contributed by atoms with Gasteiger partial charge in [0.15, 0.2) is 11.6 Å². The van der Waals surface area contributed by atoms with E-state index in [0.717, 1.165) is 11.8 Å². The van der Waals surface area contributed by atoms with Crippen LogP contribution >= 0.6 is 0 Å². The molecule has 0 spiro atoms. The van der Waals surface area contributed by atoms with Crippen LogP contribution in [0.3, 0.4) is 0 Å². The van der Waals surface area contributed by atoms with E-state index in [4.69, 9.17) is 8.94 Å². The molecular weight excluding hydrogens is 316 g/mol. The first-order valence-corrected chi connectivity index (χ1v) is 7.48. The van der Waals surface area contributed by atoms with Gasteiger partial charge in [0.1, 0.15) is 17.7 Å². The molecule has 0 N–H and O–H groups in total. The molecule has 0 radical (unpaired) electrons. The highest BCUT2D eigenvalue weighted by atomic mass is 19.2. The number of aromatic nitrogens is 2. The van der Waals surface area contributed by atoms with Gasteiger partial charge >= 0.3 is 0 Å². The molecule has 0 bridgehead atoms. The second-order valence-corrected chi connectivity index (χ2v) is 5.64. The third kappa shape index (κ3) is 3.07. The molecule has 0 unspecified atom stereocenters. The molecule has 1 atom stereocenters. The van der Waals surface area contributed by atoms with E-state index in [1.54, 1.807) is 13.0 Å². The summed E-state index contributed by atoms with van der Waals surface area (Å²) in [5, 5.41) is 3.92. The normalized spacial score (nSPS) is 12.8. The zero-order valence-electron chi connectivity index (χ0n) is 13.6. The summed E-state index contributed by atoms with van der Waals surface area (Å²) in [6, 6.07) is 5.73. The maximum Gasteiger partial charge on any atom is 0.229 e. The van der Waals surface area contributed by atoms with Crippen LogP contribution in [-0.4, -0.2) is 22.1 Å². The maximum atomic E-state index is 13.9.